The summed E-state index contributed by atoms with van der Waals surface area (Å²) in [7, 11) is 0. The molecule has 0 radical (unpaired) electrons. The van der Waals surface area contributed by atoms with Gasteiger partial charge in [0.2, 0.25) is 17.7 Å². The lowest BCUT2D eigenvalue weighted by Gasteiger charge is -2.35. The van der Waals surface area contributed by atoms with Crippen molar-refractivity contribution in [2.45, 2.75) is 32.2 Å². The van der Waals surface area contributed by atoms with Crippen molar-refractivity contribution < 1.29 is 18.8 Å². The summed E-state index contributed by atoms with van der Waals surface area (Å²) in [4.78, 5) is 38.8. The number of anilines is 1. The van der Waals surface area contributed by atoms with Gasteiger partial charge in [0.1, 0.15) is 11.9 Å². The van der Waals surface area contributed by atoms with Gasteiger partial charge in [-0.05, 0) is 41.8 Å². The minimum absolute atomic E-state index is 0.00315. The summed E-state index contributed by atoms with van der Waals surface area (Å²) in [5.74, 6) is -1.40. The van der Waals surface area contributed by atoms with E-state index >= 15 is 0 Å². The Labute approximate surface area is 169 Å². The number of carbonyl (C=O) groups excluding carboxylic acids is 3. The van der Waals surface area contributed by atoms with Crippen molar-refractivity contribution in [2.75, 3.05) is 18.4 Å². The fourth-order valence-corrected chi connectivity index (χ4v) is 3.40. The molecule has 1 saturated heterocycles. The third kappa shape index (κ3) is 5.19. The van der Waals surface area contributed by atoms with Gasteiger partial charge in [-0.15, -0.1) is 0 Å². The Morgan fingerprint density at radius 1 is 1.17 bits per heavy atom. The lowest BCUT2D eigenvalue weighted by molar-refractivity contribution is -0.144. The van der Waals surface area contributed by atoms with Gasteiger partial charge in [-0.2, -0.15) is 0 Å². The quantitative estimate of drug-likeness (QED) is 0.787. The largest absolute Gasteiger partial charge is 0.352 e. The Morgan fingerprint density at radius 3 is 2.72 bits per heavy atom. The number of rotatable bonds is 6. The predicted octanol–water partition coefficient (Wildman–Crippen LogP) is 2.81. The number of piperazine rings is 1. The molecule has 0 bridgehead atoms. The topological polar surface area (TPSA) is 78.5 Å². The number of carbonyl (C=O) groups is 3. The molecule has 2 aromatic rings. The highest BCUT2D eigenvalue weighted by molar-refractivity contribution is 5.95. The molecule has 1 atom stereocenters. The van der Waals surface area contributed by atoms with Crippen LogP contribution in [0.1, 0.15) is 36.9 Å². The van der Waals surface area contributed by atoms with E-state index in [1.54, 1.807) is 12.1 Å². The fraction of sp³-hybridized carbons (Fsp3) is 0.318. The van der Waals surface area contributed by atoms with Crippen molar-refractivity contribution in [1.82, 2.24) is 10.2 Å². The number of nitrogens with zero attached hydrogens (tertiary/aromatic N) is 1. The van der Waals surface area contributed by atoms with E-state index in [9.17, 15) is 18.8 Å². The summed E-state index contributed by atoms with van der Waals surface area (Å²) in [5, 5.41) is 5.50. The second-order valence-electron chi connectivity index (χ2n) is 6.94. The van der Waals surface area contributed by atoms with E-state index in [-0.39, 0.29) is 30.6 Å². The van der Waals surface area contributed by atoms with Gasteiger partial charge >= 0.3 is 0 Å². The van der Waals surface area contributed by atoms with Crippen molar-refractivity contribution in [3.8, 4) is 0 Å². The Balaban J connectivity index is 1.63. The molecule has 0 spiro atoms. The summed E-state index contributed by atoms with van der Waals surface area (Å²) >= 11 is 0. The Kier molecular flexibility index (Phi) is 6.59. The molecule has 3 rings (SSSR count). The summed E-state index contributed by atoms with van der Waals surface area (Å²) in [6.45, 7) is 2.67. The van der Waals surface area contributed by atoms with Crippen molar-refractivity contribution in [2.24, 2.45) is 0 Å². The molecular weight excluding hydrogens is 373 g/mol. The molecule has 152 valence electrons. The van der Waals surface area contributed by atoms with Crippen molar-refractivity contribution in [3.63, 3.8) is 0 Å². The van der Waals surface area contributed by atoms with Gasteiger partial charge < -0.3 is 15.5 Å². The molecule has 1 heterocycles. The van der Waals surface area contributed by atoms with E-state index in [0.717, 1.165) is 12.0 Å². The number of hydrogen-bond donors (Lipinski definition) is 2. The van der Waals surface area contributed by atoms with Crippen LogP contribution < -0.4 is 10.6 Å². The molecule has 1 fully saturated rings. The smallest absolute Gasteiger partial charge is 0.247 e. The molecule has 7 heteroatoms. The number of aryl methyl sites for hydroxylation is 1. The van der Waals surface area contributed by atoms with Gasteiger partial charge in [0, 0.05) is 31.6 Å². The van der Waals surface area contributed by atoms with Gasteiger partial charge in [-0.25, -0.2) is 4.39 Å². The maximum atomic E-state index is 13.6. The average Bonchev–Trinajstić information content (AvgIpc) is 2.72. The van der Waals surface area contributed by atoms with Crippen LogP contribution >= 0.6 is 0 Å². The van der Waals surface area contributed by atoms with E-state index in [1.165, 1.54) is 23.1 Å². The van der Waals surface area contributed by atoms with E-state index in [1.807, 2.05) is 25.1 Å². The number of nitrogens with one attached hydrogen (secondary N) is 2. The number of halogens is 1. The second-order valence-corrected chi connectivity index (χ2v) is 6.94. The molecule has 1 aliphatic heterocycles. The summed E-state index contributed by atoms with van der Waals surface area (Å²) in [5.41, 5.74) is 2.21. The summed E-state index contributed by atoms with van der Waals surface area (Å²) < 4.78 is 13.6. The van der Waals surface area contributed by atoms with Crippen LogP contribution in [-0.4, -0.2) is 35.7 Å². The highest BCUT2D eigenvalue weighted by Gasteiger charge is 2.34. The first kappa shape index (κ1) is 20.5. The van der Waals surface area contributed by atoms with Crippen LogP contribution in [0.5, 0.6) is 0 Å². The van der Waals surface area contributed by atoms with Crippen LogP contribution in [0.3, 0.4) is 0 Å². The summed E-state index contributed by atoms with van der Waals surface area (Å²) in [6, 6.07) is 12.3. The normalized spacial score (nSPS) is 16.3. The second kappa shape index (κ2) is 9.32. The minimum atomic E-state index is -0.892. The van der Waals surface area contributed by atoms with E-state index < -0.39 is 11.9 Å². The van der Waals surface area contributed by atoms with Crippen LogP contribution in [0.25, 0.3) is 0 Å². The Hall–Kier alpha value is -3.22. The van der Waals surface area contributed by atoms with Crippen molar-refractivity contribution >= 4 is 23.4 Å². The lowest BCUT2D eigenvalue weighted by Crippen LogP contribution is -2.52. The zero-order chi connectivity index (χ0) is 20.8. The average molecular weight is 397 g/mol. The third-order valence-corrected chi connectivity index (χ3v) is 4.88. The van der Waals surface area contributed by atoms with Gasteiger partial charge in [-0.1, -0.05) is 31.2 Å². The zero-order valence-electron chi connectivity index (χ0n) is 16.3. The minimum Gasteiger partial charge on any atom is -0.352 e. The molecular formula is C22H24FN3O3. The number of benzene rings is 2. The van der Waals surface area contributed by atoms with Crippen LogP contribution in [0, 0.1) is 5.82 Å². The highest BCUT2D eigenvalue weighted by atomic mass is 19.1. The van der Waals surface area contributed by atoms with Gasteiger partial charge in [0.25, 0.3) is 0 Å². The van der Waals surface area contributed by atoms with Crippen LogP contribution in [0.4, 0.5) is 10.1 Å². The molecule has 29 heavy (non-hydrogen) atoms. The molecule has 0 aliphatic carbocycles. The Bertz CT molecular complexity index is 916. The first-order chi connectivity index (χ1) is 14.0. The first-order valence-electron chi connectivity index (χ1n) is 9.69. The van der Waals surface area contributed by atoms with Crippen LogP contribution in [0.15, 0.2) is 48.5 Å². The number of amides is 3. The van der Waals surface area contributed by atoms with Gasteiger partial charge in [0.05, 0.1) is 0 Å². The maximum absolute atomic E-state index is 13.6. The maximum Gasteiger partial charge on any atom is 0.247 e. The van der Waals surface area contributed by atoms with Crippen molar-refractivity contribution in [3.05, 3.63) is 65.5 Å². The van der Waals surface area contributed by atoms with E-state index in [2.05, 4.69) is 10.6 Å². The van der Waals surface area contributed by atoms with Crippen LogP contribution in [0.2, 0.25) is 0 Å². The molecule has 3 amide bonds. The van der Waals surface area contributed by atoms with Crippen molar-refractivity contribution in [1.29, 1.82) is 0 Å². The molecule has 2 N–H and O–H groups in total. The molecule has 2 aromatic carbocycles. The third-order valence-electron chi connectivity index (χ3n) is 4.88. The predicted molar refractivity (Wildman–Crippen MR) is 108 cm³/mol. The fourth-order valence-electron chi connectivity index (χ4n) is 3.40. The molecule has 0 saturated carbocycles. The Morgan fingerprint density at radius 2 is 1.97 bits per heavy atom. The molecule has 1 aliphatic rings. The lowest BCUT2D eigenvalue weighted by atomic mass is 10.0. The molecule has 6 nitrogen and oxygen atoms in total. The monoisotopic (exact) mass is 397 g/mol. The van der Waals surface area contributed by atoms with Gasteiger partial charge in [0.15, 0.2) is 0 Å². The SMILES string of the molecule is CCc1cccc(NC(=O)CCC(=O)N2CCNC(=O)C2c2cccc(F)c2)c1. The first-order valence-corrected chi connectivity index (χ1v) is 9.69. The number of hydrogen-bond acceptors (Lipinski definition) is 3. The van der Waals surface area contributed by atoms with E-state index in [4.69, 9.17) is 0 Å². The standard InChI is InChI=1S/C22H24FN3O3/c1-2-15-5-3-8-18(13-15)25-19(27)9-10-20(28)26-12-11-24-22(29)21(26)16-6-4-7-17(23)14-16/h3-8,13-14,21H,2,9-12H2,1H3,(H,24,29)(H,25,27). The summed E-state index contributed by atoms with van der Waals surface area (Å²) in [6.07, 6.45) is 0.836. The highest BCUT2D eigenvalue weighted by Crippen LogP contribution is 2.25. The molecule has 0 aromatic heterocycles. The van der Waals surface area contributed by atoms with E-state index in [0.29, 0.717) is 24.3 Å². The van der Waals surface area contributed by atoms with Gasteiger partial charge in [-0.3, -0.25) is 14.4 Å². The zero-order valence-corrected chi connectivity index (χ0v) is 16.3. The molecule has 1 unspecified atom stereocenters. The van der Waals surface area contributed by atoms with Crippen LogP contribution in [-0.2, 0) is 20.8 Å².